The first-order valence-electron chi connectivity index (χ1n) is 5.42. The molecule has 0 atom stereocenters. The van der Waals surface area contributed by atoms with Crippen molar-refractivity contribution in [2.24, 2.45) is 0 Å². The molecule has 3 nitrogen and oxygen atoms in total. The molecule has 1 amide bonds. The number of aliphatic hydroxyl groups is 1. The van der Waals surface area contributed by atoms with Crippen LogP contribution in [0.25, 0.3) is 0 Å². The zero-order valence-electron chi connectivity index (χ0n) is 9.37. The van der Waals surface area contributed by atoms with E-state index in [9.17, 15) is 9.90 Å². The summed E-state index contributed by atoms with van der Waals surface area (Å²) in [5.41, 5.74) is -0.657. The highest BCUT2D eigenvalue weighted by Crippen LogP contribution is 2.35. The predicted molar refractivity (Wildman–Crippen MR) is 75.5 cm³/mol. The molecule has 0 unspecified atom stereocenters. The minimum absolute atomic E-state index is 0.00202. The van der Waals surface area contributed by atoms with Gasteiger partial charge in [0.15, 0.2) is 0 Å². The zero-order valence-corrected chi connectivity index (χ0v) is 13.4. The van der Waals surface area contributed by atoms with Crippen molar-refractivity contribution in [3.63, 3.8) is 0 Å². The van der Waals surface area contributed by atoms with Gasteiger partial charge in [-0.2, -0.15) is 0 Å². The fraction of sp³-hybridized carbons (Fsp3) is 0.545. The molecule has 94 valence electrons. The Labute approximate surface area is 121 Å². The van der Waals surface area contributed by atoms with Gasteiger partial charge in [-0.25, -0.2) is 0 Å². The fourth-order valence-electron chi connectivity index (χ4n) is 2.04. The first-order valence-corrected chi connectivity index (χ1v) is 7.82. The van der Waals surface area contributed by atoms with Gasteiger partial charge in [0.2, 0.25) is 0 Å². The van der Waals surface area contributed by atoms with E-state index in [1.165, 1.54) is 11.3 Å². The molecule has 0 aromatic carbocycles. The number of nitrogens with zero attached hydrogens (tertiary/aromatic N) is 1. The maximum Gasteiger partial charge on any atom is 0.264 e. The van der Waals surface area contributed by atoms with Gasteiger partial charge in [-0.15, -0.1) is 11.3 Å². The molecule has 1 saturated heterocycles. The minimum atomic E-state index is -0.657. The van der Waals surface area contributed by atoms with Crippen LogP contribution in [0.15, 0.2) is 14.3 Å². The molecule has 2 heterocycles. The molecule has 1 aromatic heterocycles. The van der Waals surface area contributed by atoms with Gasteiger partial charge in [-0.3, -0.25) is 4.79 Å². The summed E-state index contributed by atoms with van der Waals surface area (Å²) < 4.78 is 1.82. The Balaban J connectivity index is 2.00. The maximum atomic E-state index is 12.1. The van der Waals surface area contributed by atoms with Crippen molar-refractivity contribution >= 4 is 49.1 Å². The van der Waals surface area contributed by atoms with E-state index >= 15 is 0 Å². The molecule has 0 radical (unpaired) electrons. The summed E-state index contributed by atoms with van der Waals surface area (Å²) in [5, 5.41) is 10.0. The van der Waals surface area contributed by atoms with E-state index in [4.69, 9.17) is 0 Å². The van der Waals surface area contributed by atoms with Gasteiger partial charge >= 0.3 is 0 Å². The third kappa shape index (κ3) is 2.75. The molecule has 0 spiro atoms. The largest absolute Gasteiger partial charge is 0.386 e. The standard InChI is InChI=1S/C11H13Br2NO2S/c1-2-3-11(16)5-14(6-11)10(15)8-4-7(12)9(13)17-8/h4,16H,2-3,5-6H2,1H3. The lowest BCUT2D eigenvalue weighted by atomic mass is 9.89. The molecule has 1 fully saturated rings. The number of carbonyl (C=O) groups is 1. The summed E-state index contributed by atoms with van der Waals surface area (Å²) in [6.07, 6.45) is 1.70. The second-order valence-corrected chi connectivity index (χ2v) is 7.59. The molecule has 1 N–H and O–H groups in total. The van der Waals surface area contributed by atoms with Crippen molar-refractivity contribution in [2.75, 3.05) is 13.1 Å². The van der Waals surface area contributed by atoms with Crippen LogP contribution in [0.4, 0.5) is 0 Å². The third-order valence-electron chi connectivity index (χ3n) is 2.83. The van der Waals surface area contributed by atoms with E-state index in [1.54, 1.807) is 4.90 Å². The summed E-state index contributed by atoms with van der Waals surface area (Å²) >= 11 is 8.15. The molecular weight excluding hydrogens is 370 g/mol. The van der Waals surface area contributed by atoms with Crippen LogP contribution < -0.4 is 0 Å². The first kappa shape index (κ1) is 13.5. The van der Waals surface area contributed by atoms with E-state index in [0.29, 0.717) is 18.0 Å². The number of likely N-dealkylation sites (tertiary alicyclic amines) is 1. The summed E-state index contributed by atoms with van der Waals surface area (Å²) in [5.74, 6) is 0.00202. The van der Waals surface area contributed by atoms with Crippen LogP contribution in [0.5, 0.6) is 0 Å². The summed E-state index contributed by atoms with van der Waals surface area (Å²) in [6, 6.07) is 1.81. The second kappa shape index (κ2) is 4.99. The molecule has 1 aromatic rings. The Kier molecular flexibility index (Phi) is 3.97. The minimum Gasteiger partial charge on any atom is -0.386 e. The topological polar surface area (TPSA) is 40.5 Å². The van der Waals surface area contributed by atoms with Crippen LogP contribution in [0, 0.1) is 0 Å². The van der Waals surface area contributed by atoms with E-state index < -0.39 is 5.60 Å². The number of amides is 1. The van der Waals surface area contributed by atoms with Gasteiger partial charge in [0, 0.05) is 4.47 Å². The molecule has 6 heteroatoms. The highest BCUT2D eigenvalue weighted by atomic mass is 79.9. The predicted octanol–water partition coefficient (Wildman–Crippen LogP) is 3.26. The third-order valence-corrected chi connectivity index (χ3v) is 6.07. The van der Waals surface area contributed by atoms with Crippen molar-refractivity contribution in [1.29, 1.82) is 0 Å². The molecule has 1 aliphatic rings. The monoisotopic (exact) mass is 381 g/mol. The molecule has 0 saturated carbocycles. The van der Waals surface area contributed by atoms with Crippen molar-refractivity contribution in [2.45, 2.75) is 25.4 Å². The lowest BCUT2D eigenvalue weighted by Gasteiger charge is -2.46. The van der Waals surface area contributed by atoms with Crippen molar-refractivity contribution in [3.8, 4) is 0 Å². The van der Waals surface area contributed by atoms with Gasteiger partial charge in [0.25, 0.3) is 5.91 Å². The summed E-state index contributed by atoms with van der Waals surface area (Å²) in [6.45, 7) is 2.94. The average molecular weight is 383 g/mol. The van der Waals surface area contributed by atoms with Crippen molar-refractivity contribution < 1.29 is 9.90 Å². The van der Waals surface area contributed by atoms with E-state index in [-0.39, 0.29) is 5.91 Å². The fourth-order valence-corrected chi connectivity index (χ4v) is 4.04. The number of rotatable bonds is 3. The lowest BCUT2D eigenvalue weighted by Crippen LogP contribution is -2.63. The lowest BCUT2D eigenvalue weighted by molar-refractivity contribution is -0.0858. The van der Waals surface area contributed by atoms with E-state index in [0.717, 1.165) is 21.1 Å². The van der Waals surface area contributed by atoms with Gasteiger partial charge in [0.1, 0.15) is 0 Å². The van der Waals surface area contributed by atoms with Crippen LogP contribution in [0.3, 0.4) is 0 Å². The number of β-amino-alcohol motifs (C(OH)–C–C–N with tert-alkyl or cyclic N) is 1. The highest BCUT2D eigenvalue weighted by Gasteiger charge is 2.43. The van der Waals surface area contributed by atoms with Crippen molar-refractivity contribution in [3.05, 3.63) is 19.2 Å². The van der Waals surface area contributed by atoms with Gasteiger partial charge in [0.05, 0.1) is 27.4 Å². The Morgan fingerprint density at radius 1 is 1.59 bits per heavy atom. The Hall–Kier alpha value is 0.0900. The van der Waals surface area contributed by atoms with Crippen LogP contribution in [-0.4, -0.2) is 34.6 Å². The quantitative estimate of drug-likeness (QED) is 0.871. The van der Waals surface area contributed by atoms with E-state index in [1.807, 2.05) is 13.0 Å². The Morgan fingerprint density at radius 3 is 2.71 bits per heavy atom. The molecular formula is C11H13Br2NO2S. The molecule has 1 aliphatic heterocycles. The highest BCUT2D eigenvalue weighted by molar-refractivity contribution is 9.13. The molecule has 0 bridgehead atoms. The summed E-state index contributed by atoms with van der Waals surface area (Å²) in [4.78, 5) is 14.5. The average Bonchev–Trinajstić information content (AvgIpc) is 2.55. The number of hydrogen-bond acceptors (Lipinski definition) is 3. The Morgan fingerprint density at radius 2 is 2.24 bits per heavy atom. The molecule has 0 aliphatic carbocycles. The second-order valence-electron chi connectivity index (χ2n) is 4.37. The number of halogens is 2. The van der Waals surface area contributed by atoms with Crippen LogP contribution in [0.2, 0.25) is 0 Å². The molecule has 17 heavy (non-hydrogen) atoms. The SMILES string of the molecule is CCCC1(O)CN(C(=O)c2cc(Br)c(Br)s2)C1. The van der Waals surface area contributed by atoms with Gasteiger partial charge in [-0.05, 0) is 44.3 Å². The van der Waals surface area contributed by atoms with Gasteiger partial charge in [-0.1, -0.05) is 13.3 Å². The number of carbonyl (C=O) groups excluding carboxylic acids is 1. The van der Waals surface area contributed by atoms with Crippen molar-refractivity contribution in [1.82, 2.24) is 4.90 Å². The van der Waals surface area contributed by atoms with Crippen LogP contribution >= 0.6 is 43.2 Å². The maximum absolute atomic E-state index is 12.1. The van der Waals surface area contributed by atoms with Crippen LogP contribution in [0.1, 0.15) is 29.4 Å². The normalized spacial score (nSPS) is 18.0. The van der Waals surface area contributed by atoms with Crippen LogP contribution in [-0.2, 0) is 0 Å². The summed E-state index contributed by atoms with van der Waals surface area (Å²) in [7, 11) is 0. The first-order chi connectivity index (χ1) is 7.95. The molecule has 2 rings (SSSR count). The smallest absolute Gasteiger partial charge is 0.264 e. The number of thiophene rings is 1. The van der Waals surface area contributed by atoms with E-state index in [2.05, 4.69) is 31.9 Å². The van der Waals surface area contributed by atoms with Gasteiger partial charge < -0.3 is 10.0 Å². The zero-order chi connectivity index (χ0) is 12.6. The Bertz CT molecular complexity index is 421. The number of hydrogen-bond donors (Lipinski definition) is 1.